The Kier molecular flexibility index (Phi) is 6.88. The van der Waals surface area contributed by atoms with Crippen molar-refractivity contribution in [2.24, 2.45) is 4.99 Å². The molecule has 0 fully saturated rings. The van der Waals surface area contributed by atoms with Crippen LogP contribution in [0.5, 0.6) is 0 Å². The molecule has 2 rings (SSSR count). The van der Waals surface area contributed by atoms with E-state index in [1.807, 2.05) is 5.32 Å². The summed E-state index contributed by atoms with van der Waals surface area (Å²) in [5, 5.41) is 2.44. The van der Waals surface area contributed by atoms with Gasteiger partial charge in [0, 0.05) is 16.3 Å². The van der Waals surface area contributed by atoms with E-state index in [2.05, 4.69) is 11.7 Å². The molecule has 8 heteroatoms. The van der Waals surface area contributed by atoms with Crippen molar-refractivity contribution in [1.29, 1.82) is 0 Å². The molecule has 1 amide bonds. The first-order valence-corrected chi connectivity index (χ1v) is 8.69. The molecule has 0 aliphatic carbocycles. The third kappa shape index (κ3) is 5.64. The van der Waals surface area contributed by atoms with Crippen LogP contribution in [-0.2, 0) is 10.5 Å². The van der Waals surface area contributed by atoms with Crippen molar-refractivity contribution in [2.75, 3.05) is 0 Å². The van der Waals surface area contributed by atoms with Gasteiger partial charge in [-0.05, 0) is 24.4 Å². The Morgan fingerprint density at radius 2 is 1.73 bits per heavy atom. The number of nitrogens with one attached hydrogen (secondary N) is 1. The Labute approximate surface area is 158 Å². The molecular formula is C18H14ClF3N2OS. The van der Waals surface area contributed by atoms with E-state index in [-0.39, 0.29) is 10.7 Å². The molecule has 0 saturated heterocycles. The highest BCUT2D eigenvalue weighted by molar-refractivity contribution is 8.02. The van der Waals surface area contributed by atoms with E-state index in [9.17, 15) is 18.0 Å². The van der Waals surface area contributed by atoms with E-state index in [4.69, 9.17) is 11.6 Å². The first-order valence-electron chi connectivity index (χ1n) is 7.33. The van der Waals surface area contributed by atoms with Gasteiger partial charge in [-0.25, -0.2) is 0 Å². The van der Waals surface area contributed by atoms with E-state index in [0.29, 0.717) is 16.3 Å². The van der Waals surface area contributed by atoms with Gasteiger partial charge in [0.15, 0.2) is 0 Å². The highest BCUT2D eigenvalue weighted by Gasteiger charge is 2.39. The van der Waals surface area contributed by atoms with Crippen LogP contribution in [0, 0.1) is 0 Å². The molecule has 0 aromatic heterocycles. The van der Waals surface area contributed by atoms with Crippen molar-refractivity contribution in [3.8, 4) is 0 Å². The van der Waals surface area contributed by atoms with Gasteiger partial charge in [-0.15, -0.1) is 11.8 Å². The van der Waals surface area contributed by atoms with Gasteiger partial charge >= 0.3 is 12.1 Å². The molecule has 0 atom stereocenters. The number of halogens is 4. The van der Waals surface area contributed by atoms with Crippen LogP contribution in [0.2, 0.25) is 5.02 Å². The number of nitrogens with zero attached hydrogens (tertiary/aromatic N) is 1. The fraction of sp³-hybridized carbons (Fsp3) is 0.111. The minimum absolute atomic E-state index is 0.0246. The molecule has 26 heavy (non-hydrogen) atoms. The molecule has 0 saturated carbocycles. The first-order chi connectivity index (χ1) is 12.3. The van der Waals surface area contributed by atoms with Crippen molar-refractivity contribution >= 4 is 41.7 Å². The standard InChI is InChI=1S/C18H14ClF3N2OS/c1-23-15(13-5-3-2-4-6-13)16(24-17(25)18(20,21)22)26-11-12-7-9-14(19)10-8-12/h2-10H,1,11H2,(H,24,25)/b16-15-. The summed E-state index contributed by atoms with van der Waals surface area (Å²) in [4.78, 5) is 15.2. The average molecular weight is 399 g/mol. The molecule has 2 aromatic rings. The molecule has 0 aliphatic heterocycles. The number of carbonyl (C=O) groups excluding carboxylic acids is 1. The molecule has 0 radical (unpaired) electrons. The molecule has 1 N–H and O–H groups in total. The summed E-state index contributed by atoms with van der Waals surface area (Å²) in [5.41, 5.74) is 1.54. The lowest BCUT2D eigenvalue weighted by molar-refractivity contribution is -0.172. The van der Waals surface area contributed by atoms with Crippen molar-refractivity contribution in [3.05, 3.63) is 75.8 Å². The molecule has 0 heterocycles. The number of alkyl halides is 3. The predicted octanol–water partition coefficient (Wildman–Crippen LogP) is 5.28. The van der Waals surface area contributed by atoms with Crippen LogP contribution in [0.4, 0.5) is 13.2 Å². The summed E-state index contributed by atoms with van der Waals surface area (Å²) in [7, 11) is 0. The second-order valence-electron chi connectivity index (χ2n) is 5.07. The minimum Gasteiger partial charge on any atom is -0.311 e. The lowest BCUT2D eigenvalue weighted by Gasteiger charge is -2.15. The SMILES string of the molecule is C=N/C(=C(/NC(=O)C(F)(F)F)SCc1ccc(Cl)cc1)c1ccccc1. The van der Waals surface area contributed by atoms with Crippen molar-refractivity contribution in [3.63, 3.8) is 0 Å². The zero-order valence-electron chi connectivity index (χ0n) is 13.4. The average Bonchev–Trinajstić information content (AvgIpc) is 2.61. The van der Waals surface area contributed by atoms with Gasteiger partial charge in [0.25, 0.3) is 0 Å². The predicted molar refractivity (Wildman–Crippen MR) is 99.9 cm³/mol. The second-order valence-corrected chi connectivity index (χ2v) is 6.49. The smallest absolute Gasteiger partial charge is 0.311 e. The Balaban J connectivity index is 2.34. The molecule has 2 aromatic carbocycles. The molecule has 0 unspecified atom stereocenters. The summed E-state index contributed by atoms with van der Waals surface area (Å²) in [6.07, 6.45) is -5.00. The van der Waals surface area contributed by atoms with Crippen LogP contribution >= 0.6 is 23.4 Å². The Bertz CT molecular complexity index is 805. The maximum absolute atomic E-state index is 12.7. The highest BCUT2D eigenvalue weighted by atomic mass is 35.5. The maximum Gasteiger partial charge on any atom is 0.471 e. The number of aliphatic imine (C=N–C) groups is 1. The molecule has 136 valence electrons. The van der Waals surface area contributed by atoms with Gasteiger partial charge in [0.05, 0.1) is 5.70 Å². The van der Waals surface area contributed by atoms with E-state index in [0.717, 1.165) is 17.3 Å². The van der Waals surface area contributed by atoms with E-state index >= 15 is 0 Å². The summed E-state index contributed by atoms with van der Waals surface area (Å²) in [6.45, 7) is 3.42. The Morgan fingerprint density at radius 1 is 1.12 bits per heavy atom. The van der Waals surface area contributed by atoms with Gasteiger partial charge in [0.1, 0.15) is 5.03 Å². The fourth-order valence-electron chi connectivity index (χ4n) is 1.96. The number of hydrogen-bond acceptors (Lipinski definition) is 3. The topological polar surface area (TPSA) is 41.5 Å². The quantitative estimate of drug-likeness (QED) is 0.673. The molecule has 0 aliphatic rings. The van der Waals surface area contributed by atoms with Gasteiger partial charge < -0.3 is 5.32 Å². The van der Waals surface area contributed by atoms with Crippen molar-refractivity contribution in [1.82, 2.24) is 5.32 Å². The zero-order chi connectivity index (χ0) is 19.2. The van der Waals surface area contributed by atoms with Crippen LogP contribution in [0.15, 0.2) is 64.6 Å². The summed E-state index contributed by atoms with van der Waals surface area (Å²) in [6, 6.07) is 15.4. The number of rotatable bonds is 6. The maximum atomic E-state index is 12.7. The second kappa shape index (κ2) is 8.91. The van der Waals surface area contributed by atoms with Gasteiger partial charge in [-0.3, -0.25) is 9.79 Å². The first kappa shape index (κ1) is 20.1. The van der Waals surface area contributed by atoms with Crippen LogP contribution in [-0.4, -0.2) is 18.8 Å². The minimum atomic E-state index is -5.00. The fourth-order valence-corrected chi connectivity index (χ4v) is 3.08. The number of carbonyl (C=O) groups is 1. The van der Waals surface area contributed by atoms with Gasteiger partial charge in [-0.1, -0.05) is 54.1 Å². The molecule has 0 spiro atoms. The number of amides is 1. The van der Waals surface area contributed by atoms with Crippen molar-refractivity contribution in [2.45, 2.75) is 11.9 Å². The third-order valence-electron chi connectivity index (χ3n) is 3.20. The lowest BCUT2D eigenvalue weighted by atomic mass is 10.2. The summed E-state index contributed by atoms with van der Waals surface area (Å²) in [5.74, 6) is -1.75. The summed E-state index contributed by atoms with van der Waals surface area (Å²) < 4.78 is 38.0. The molecular weight excluding hydrogens is 385 g/mol. The van der Waals surface area contributed by atoms with E-state index < -0.39 is 12.1 Å². The molecule has 0 bridgehead atoms. The molecule has 3 nitrogen and oxygen atoms in total. The van der Waals surface area contributed by atoms with Crippen LogP contribution in [0.25, 0.3) is 5.70 Å². The zero-order valence-corrected chi connectivity index (χ0v) is 15.0. The third-order valence-corrected chi connectivity index (χ3v) is 4.52. The largest absolute Gasteiger partial charge is 0.471 e. The van der Waals surface area contributed by atoms with E-state index in [1.165, 1.54) is 0 Å². The number of hydrogen-bond donors (Lipinski definition) is 1. The van der Waals surface area contributed by atoms with Crippen LogP contribution in [0.3, 0.4) is 0 Å². The van der Waals surface area contributed by atoms with Crippen molar-refractivity contribution < 1.29 is 18.0 Å². The monoisotopic (exact) mass is 398 g/mol. The van der Waals surface area contributed by atoms with Crippen LogP contribution in [0.1, 0.15) is 11.1 Å². The summed E-state index contributed by atoms with van der Waals surface area (Å²) >= 11 is 6.85. The normalized spacial score (nSPS) is 12.3. The van der Waals surface area contributed by atoms with Gasteiger partial charge in [-0.2, -0.15) is 13.2 Å². The van der Waals surface area contributed by atoms with Crippen LogP contribution < -0.4 is 5.32 Å². The number of benzene rings is 2. The lowest BCUT2D eigenvalue weighted by Crippen LogP contribution is -2.35. The Hall–Kier alpha value is -2.25. The highest BCUT2D eigenvalue weighted by Crippen LogP contribution is 2.30. The Morgan fingerprint density at radius 3 is 2.27 bits per heavy atom. The van der Waals surface area contributed by atoms with Gasteiger partial charge in [0.2, 0.25) is 0 Å². The number of thioether (sulfide) groups is 1. The van der Waals surface area contributed by atoms with E-state index in [1.54, 1.807) is 54.6 Å².